The summed E-state index contributed by atoms with van der Waals surface area (Å²) in [5.74, 6) is 0.631. The summed E-state index contributed by atoms with van der Waals surface area (Å²) in [6, 6.07) is 5.95. The fourth-order valence-corrected chi connectivity index (χ4v) is 2.55. The Kier molecular flexibility index (Phi) is 4.27. The molecule has 2 aromatic rings. The van der Waals surface area contributed by atoms with Crippen molar-refractivity contribution in [2.24, 2.45) is 0 Å². The van der Waals surface area contributed by atoms with Crippen LogP contribution in [0.3, 0.4) is 0 Å². The number of aryl methyl sites for hydroxylation is 2. The third-order valence-corrected chi connectivity index (χ3v) is 3.66. The van der Waals surface area contributed by atoms with Gasteiger partial charge in [-0.15, -0.1) is 0 Å². The van der Waals surface area contributed by atoms with Crippen molar-refractivity contribution in [2.75, 3.05) is 18.8 Å². The molecule has 5 heteroatoms. The molecule has 0 saturated heterocycles. The topological polar surface area (TPSA) is 64.2 Å². The number of carbonyl (C=O) groups excluding carboxylic acids is 1. The molecule has 0 spiro atoms. The van der Waals surface area contributed by atoms with E-state index in [9.17, 15) is 4.79 Å². The number of fused-ring (bicyclic) bond motifs is 1. The molecule has 0 fully saturated rings. The average Bonchev–Trinajstić information content (AvgIpc) is 2.75. The third-order valence-electron chi connectivity index (χ3n) is 3.66. The van der Waals surface area contributed by atoms with E-state index < -0.39 is 0 Å². The predicted octanol–water partition coefficient (Wildman–Crippen LogP) is 2.19. The minimum atomic E-state index is 0.157. The van der Waals surface area contributed by atoms with Crippen molar-refractivity contribution < 1.29 is 4.79 Å². The Morgan fingerprint density at radius 1 is 1.35 bits per heavy atom. The first-order valence-electron chi connectivity index (χ1n) is 7.07. The second-order valence-corrected chi connectivity index (χ2v) is 4.88. The maximum absolute atomic E-state index is 12.1. The molecular weight excluding hydrogens is 252 g/mol. The van der Waals surface area contributed by atoms with Crippen molar-refractivity contribution in [2.45, 2.75) is 33.7 Å². The van der Waals surface area contributed by atoms with Crippen molar-refractivity contribution in [1.82, 2.24) is 14.5 Å². The first-order valence-corrected chi connectivity index (χ1v) is 7.07. The van der Waals surface area contributed by atoms with Crippen LogP contribution in [0.15, 0.2) is 18.2 Å². The fraction of sp³-hybridized carbons (Fsp3) is 0.467. The summed E-state index contributed by atoms with van der Waals surface area (Å²) >= 11 is 0. The molecule has 1 amide bonds. The van der Waals surface area contributed by atoms with Crippen LogP contribution < -0.4 is 5.73 Å². The van der Waals surface area contributed by atoms with Crippen LogP contribution in [0.2, 0.25) is 0 Å². The highest BCUT2D eigenvalue weighted by Gasteiger charge is 2.13. The van der Waals surface area contributed by atoms with Gasteiger partial charge in [-0.05, 0) is 32.4 Å². The average molecular weight is 274 g/mol. The van der Waals surface area contributed by atoms with E-state index in [-0.39, 0.29) is 5.91 Å². The van der Waals surface area contributed by atoms with Crippen LogP contribution in [-0.4, -0.2) is 33.4 Å². The van der Waals surface area contributed by atoms with Crippen LogP contribution in [0.1, 0.15) is 25.8 Å². The number of hydrogen-bond acceptors (Lipinski definition) is 3. The minimum absolute atomic E-state index is 0.157. The number of benzene rings is 1. The zero-order valence-electron chi connectivity index (χ0n) is 12.4. The number of nitrogens with zero attached hydrogens (tertiary/aromatic N) is 3. The summed E-state index contributed by atoms with van der Waals surface area (Å²) in [6.45, 7) is 8.08. The number of nitrogens with two attached hydrogens (primary N) is 1. The van der Waals surface area contributed by atoms with Crippen molar-refractivity contribution in [3.8, 4) is 0 Å². The standard InChI is InChI=1S/C15H22N4O/c1-4-18(5-2)13(20)9-10-19-14-11(3)7-6-8-12(14)17-15(19)16/h6-8H,4-5,9-10H2,1-3H3,(H2,16,17). The van der Waals surface area contributed by atoms with Crippen LogP contribution in [0.25, 0.3) is 11.0 Å². The number of amides is 1. The number of para-hydroxylation sites is 1. The highest BCUT2D eigenvalue weighted by atomic mass is 16.2. The number of aromatic nitrogens is 2. The largest absolute Gasteiger partial charge is 0.369 e. The molecule has 0 unspecified atom stereocenters. The van der Waals surface area contributed by atoms with E-state index in [1.165, 1.54) is 0 Å². The lowest BCUT2D eigenvalue weighted by atomic mass is 10.2. The van der Waals surface area contributed by atoms with Gasteiger partial charge < -0.3 is 15.2 Å². The Morgan fingerprint density at radius 2 is 2.05 bits per heavy atom. The second-order valence-electron chi connectivity index (χ2n) is 4.88. The first kappa shape index (κ1) is 14.4. The molecule has 20 heavy (non-hydrogen) atoms. The van der Waals surface area contributed by atoms with Gasteiger partial charge >= 0.3 is 0 Å². The summed E-state index contributed by atoms with van der Waals surface area (Å²) < 4.78 is 1.94. The number of nitrogen functional groups attached to an aromatic ring is 1. The van der Waals surface area contributed by atoms with Gasteiger partial charge in [0.1, 0.15) is 0 Å². The van der Waals surface area contributed by atoms with E-state index in [1.807, 2.05) is 48.4 Å². The molecule has 0 aliphatic carbocycles. The highest BCUT2D eigenvalue weighted by molar-refractivity contribution is 5.82. The van der Waals surface area contributed by atoms with Crippen LogP contribution in [0, 0.1) is 6.92 Å². The van der Waals surface area contributed by atoms with E-state index in [1.54, 1.807) is 0 Å². The smallest absolute Gasteiger partial charge is 0.224 e. The van der Waals surface area contributed by atoms with Crippen LogP contribution in [-0.2, 0) is 11.3 Å². The molecule has 0 aliphatic heterocycles. The van der Waals surface area contributed by atoms with Gasteiger partial charge in [0.15, 0.2) is 0 Å². The molecule has 1 aromatic carbocycles. The summed E-state index contributed by atoms with van der Waals surface area (Å²) in [7, 11) is 0. The number of anilines is 1. The zero-order valence-corrected chi connectivity index (χ0v) is 12.4. The van der Waals surface area contributed by atoms with Gasteiger partial charge in [0.05, 0.1) is 11.0 Å². The molecule has 108 valence electrons. The summed E-state index contributed by atoms with van der Waals surface area (Å²) in [5, 5.41) is 0. The summed E-state index contributed by atoms with van der Waals surface area (Å²) in [5.41, 5.74) is 9.02. The van der Waals surface area contributed by atoms with Gasteiger partial charge in [-0.25, -0.2) is 4.98 Å². The van der Waals surface area contributed by atoms with Gasteiger partial charge in [-0.3, -0.25) is 4.79 Å². The first-order chi connectivity index (χ1) is 9.58. The van der Waals surface area contributed by atoms with Crippen molar-refractivity contribution in [3.63, 3.8) is 0 Å². The van der Waals surface area contributed by atoms with Crippen molar-refractivity contribution >= 4 is 22.9 Å². The lowest BCUT2D eigenvalue weighted by molar-refractivity contribution is -0.131. The van der Waals surface area contributed by atoms with E-state index in [0.29, 0.717) is 18.9 Å². The van der Waals surface area contributed by atoms with Crippen LogP contribution in [0.4, 0.5) is 5.95 Å². The molecule has 0 radical (unpaired) electrons. The highest BCUT2D eigenvalue weighted by Crippen LogP contribution is 2.21. The quantitative estimate of drug-likeness (QED) is 0.909. The molecule has 1 aromatic heterocycles. The number of imidazole rings is 1. The van der Waals surface area contributed by atoms with Gasteiger partial charge in [-0.1, -0.05) is 12.1 Å². The maximum atomic E-state index is 12.1. The molecule has 0 saturated carbocycles. The zero-order chi connectivity index (χ0) is 14.7. The lowest BCUT2D eigenvalue weighted by Gasteiger charge is -2.19. The van der Waals surface area contributed by atoms with Crippen molar-refractivity contribution in [3.05, 3.63) is 23.8 Å². The number of hydrogen-bond donors (Lipinski definition) is 1. The lowest BCUT2D eigenvalue weighted by Crippen LogP contribution is -2.31. The van der Waals surface area contributed by atoms with Gasteiger partial charge in [0, 0.05) is 26.1 Å². The van der Waals surface area contributed by atoms with E-state index in [2.05, 4.69) is 4.98 Å². The number of rotatable bonds is 5. The molecule has 2 N–H and O–H groups in total. The van der Waals surface area contributed by atoms with Gasteiger partial charge in [-0.2, -0.15) is 0 Å². The van der Waals surface area contributed by atoms with E-state index in [4.69, 9.17) is 5.73 Å². The Morgan fingerprint density at radius 3 is 2.70 bits per heavy atom. The fourth-order valence-electron chi connectivity index (χ4n) is 2.55. The van der Waals surface area contributed by atoms with Crippen LogP contribution in [0.5, 0.6) is 0 Å². The molecule has 2 rings (SSSR count). The van der Waals surface area contributed by atoms with Gasteiger partial charge in [0.25, 0.3) is 0 Å². The van der Waals surface area contributed by atoms with E-state index in [0.717, 1.165) is 29.7 Å². The molecule has 0 bridgehead atoms. The Labute approximate surface area is 119 Å². The van der Waals surface area contributed by atoms with Crippen molar-refractivity contribution in [1.29, 1.82) is 0 Å². The maximum Gasteiger partial charge on any atom is 0.224 e. The molecular formula is C15H22N4O. The SMILES string of the molecule is CCN(CC)C(=O)CCn1c(N)nc2cccc(C)c21. The Hall–Kier alpha value is -2.04. The predicted molar refractivity (Wildman–Crippen MR) is 81.4 cm³/mol. The van der Waals surface area contributed by atoms with E-state index >= 15 is 0 Å². The Balaban J connectivity index is 2.22. The monoisotopic (exact) mass is 274 g/mol. The summed E-state index contributed by atoms with van der Waals surface area (Å²) in [4.78, 5) is 18.3. The number of carbonyl (C=O) groups is 1. The third kappa shape index (κ3) is 2.61. The molecule has 1 heterocycles. The van der Waals surface area contributed by atoms with Gasteiger partial charge in [0.2, 0.25) is 11.9 Å². The summed E-state index contributed by atoms with van der Waals surface area (Å²) in [6.07, 6.45) is 0.450. The minimum Gasteiger partial charge on any atom is -0.369 e. The Bertz CT molecular complexity index is 614. The normalized spacial score (nSPS) is 10.9. The molecule has 0 aliphatic rings. The molecule has 0 atom stereocenters. The molecule has 5 nitrogen and oxygen atoms in total. The van der Waals surface area contributed by atoms with Crippen LogP contribution >= 0.6 is 0 Å². The second kappa shape index (κ2) is 5.94.